The maximum atomic E-state index is 12.3. The molecule has 0 aromatic heterocycles. The first-order chi connectivity index (χ1) is 14.6. The van der Waals surface area contributed by atoms with Crippen LogP contribution in [0.25, 0.3) is 0 Å². The lowest BCUT2D eigenvalue weighted by Crippen LogP contribution is -2.52. The first-order valence-corrected chi connectivity index (χ1v) is 10.1. The van der Waals surface area contributed by atoms with Gasteiger partial charge in [-0.15, -0.1) is 0 Å². The van der Waals surface area contributed by atoms with Crippen LogP contribution in [0.4, 0.5) is 0 Å². The number of nitrogens with two attached hydrogens (primary N) is 4. The Kier molecular flexibility index (Phi) is 14.8. The molecule has 13 nitrogen and oxygen atoms in total. The number of carbonyl (C=O) groups excluding carboxylic acids is 5. The lowest BCUT2D eigenvalue weighted by molar-refractivity contribution is -0.305. The molecule has 0 aliphatic heterocycles. The molecule has 0 saturated heterocycles. The van der Waals surface area contributed by atoms with Crippen LogP contribution >= 0.6 is 0 Å². The van der Waals surface area contributed by atoms with Crippen molar-refractivity contribution in [2.45, 2.75) is 63.1 Å². The summed E-state index contributed by atoms with van der Waals surface area (Å²) in [5.41, 5.74) is 22.1. The zero-order chi connectivity index (χ0) is 23.8. The molecule has 31 heavy (non-hydrogen) atoms. The predicted molar refractivity (Wildman–Crippen MR) is 109 cm³/mol. The molecule has 0 rings (SSSR count). The Labute approximate surface area is 181 Å². The van der Waals surface area contributed by atoms with E-state index in [-0.39, 0.29) is 19.4 Å². The average molecular weight is 445 g/mol. The summed E-state index contributed by atoms with van der Waals surface area (Å²) >= 11 is 0. The van der Waals surface area contributed by atoms with Crippen LogP contribution in [-0.2, 0) is 24.0 Å². The lowest BCUT2D eigenvalue weighted by atomic mass is 10.1. The molecular weight excluding hydrogens is 410 g/mol. The Bertz CT molecular complexity index is 616. The van der Waals surface area contributed by atoms with Gasteiger partial charge < -0.3 is 43.5 Å². The second-order valence-electron chi connectivity index (χ2n) is 7.00. The zero-order valence-corrected chi connectivity index (χ0v) is 17.6. The molecule has 0 spiro atoms. The predicted octanol–water partition coefficient (Wildman–Crippen LogP) is -4.72. The number of nitrogens with one attached hydrogen (secondary N) is 3. The highest BCUT2D eigenvalue weighted by Gasteiger charge is 2.25. The molecule has 0 fully saturated rings. The third-order valence-electron chi connectivity index (χ3n) is 4.30. The second-order valence-corrected chi connectivity index (χ2v) is 7.00. The SMILES string of the molecule is NCCCC(N)C(=O)NC(=O)CCC(NC(=O)C(N)CCCN)C(=O)NCCC(=O)[O-]. The standard InChI is InChI=1S/C18H35N7O6/c19-8-1-3-11(21)16(29)24-13(18(31)23-10-7-15(27)28)5-6-14(26)25-17(30)12(22)4-2-9-20/h11-13H,1-10,19-22H2,(H,23,31)(H,24,29)(H,27,28)(H,25,26,30)/p-1. The van der Waals surface area contributed by atoms with Crippen LogP contribution in [0.1, 0.15) is 44.9 Å². The smallest absolute Gasteiger partial charge is 0.243 e. The van der Waals surface area contributed by atoms with E-state index >= 15 is 0 Å². The summed E-state index contributed by atoms with van der Waals surface area (Å²) in [6.45, 7) is 0.486. The van der Waals surface area contributed by atoms with Crippen LogP contribution in [-0.4, -0.2) is 67.4 Å². The number of carboxylic acid groups (broad SMARTS) is 1. The maximum Gasteiger partial charge on any atom is 0.243 e. The molecule has 0 bridgehead atoms. The van der Waals surface area contributed by atoms with E-state index in [1.165, 1.54) is 0 Å². The minimum Gasteiger partial charge on any atom is -0.550 e. The average Bonchev–Trinajstić information content (AvgIpc) is 2.72. The number of imide groups is 1. The fourth-order valence-corrected chi connectivity index (χ4v) is 2.46. The van der Waals surface area contributed by atoms with Gasteiger partial charge in [-0.1, -0.05) is 0 Å². The van der Waals surface area contributed by atoms with Crippen molar-refractivity contribution in [1.82, 2.24) is 16.0 Å². The molecule has 0 heterocycles. The third-order valence-corrected chi connectivity index (χ3v) is 4.30. The number of amides is 4. The van der Waals surface area contributed by atoms with Gasteiger partial charge in [-0.05, 0) is 45.2 Å². The number of aliphatic carboxylic acids is 1. The van der Waals surface area contributed by atoms with Crippen molar-refractivity contribution in [1.29, 1.82) is 0 Å². The number of hydrogen-bond donors (Lipinski definition) is 7. The summed E-state index contributed by atoms with van der Waals surface area (Å²) in [6.07, 6.45) is 0.806. The van der Waals surface area contributed by atoms with Gasteiger partial charge in [-0.2, -0.15) is 0 Å². The van der Waals surface area contributed by atoms with Gasteiger partial charge in [0.15, 0.2) is 0 Å². The zero-order valence-electron chi connectivity index (χ0n) is 17.6. The highest BCUT2D eigenvalue weighted by Crippen LogP contribution is 2.02. The van der Waals surface area contributed by atoms with E-state index in [4.69, 9.17) is 22.9 Å². The van der Waals surface area contributed by atoms with Gasteiger partial charge in [-0.3, -0.25) is 24.5 Å². The summed E-state index contributed by atoms with van der Waals surface area (Å²) in [7, 11) is 0. The van der Waals surface area contributed by atoms with E-state index in [0.717, 1.165) is 0 Å². The van der Waals surface area contributed by atoms with E-state index in [0.29, 0.717) is 38.8 Å². The van der Waals surface area contributed by atoms with E-state index in [2.05, 4.69) is 16.0 Å². The molecule has 3 atom stereocenters. The van der Waals surface area contributed by atoms with Gasteiger partial charge in [0.2, 0.25) is 23.6 Å². The van der Waals surface area contributed by atoms with Crippen LogP contribution in [0.2, 0.25) is 0 Å². The Balaban J connectivity index is 4.86. The van der Waals surface area contributed by atoms with Crippen LogP contribution in [0.15, 0.2) is 0 Å². The minimum absolute atomic E-state index is 0.149. The molecule has 13 heteroatoms. The number of carboxylic acids is 1. The van der Waals surface area contributed by atoms with Gasteiger partial charge in [0.1, 0.15) is 6.04 Å². The number of hydrogen-bond acceptors (Lipinski definition) is 10. The summed E-state index contributed by atoms with van der Waals surface area (Å²) in [5, 5.41) is 17.4. The summed E-state index contributed by atoms with van der Waals surface area (Å²) in [5.74, 6) is -4.01. The quantitative estimate of drug-likeness (QED) is 0.120. The van der Waals surface area contributed by atoms with Gasteiger partial charge in [0.25, 0.3) is 0 Å². The van der Waals surface area contributed by atoms with Crippen molar-refractivity contribution >= 4 is 29.6 Å². The molecule has 0 radical (unpaired) electrons. The maximum absolute atomic E-state index is 12.3. The van der Waals surface area contributed by atoms with Crippen LogP contribution < -0.4 is 44.0 Å². The van der Waals surface area contributed by atoms with E-state index in [1.54, 1.807) is 0 Å². The molecule has 11 N–H and O–H groups in total. The molecule has 4 amide bonds. The Hall–Kier alpha value is -2.61. The fraction of sp³-hybridized carbons (Fsp3) is 0.722. The molecule has 0 aliphatic rings. The first kappa shape index (κ1) is 28.4. The molecule has 0 saturated carbocycles. The van der Waals surface area contributed by atoms with Crippen LogP contribution in [0.5, 0.6) is 0 Å². The summed E-state index contributed by atoms with van der Waals surface area (Å²) < 4.78 is 0. The van der Waals surface area contributed by atoms with Crippen molar-refractivity contribution in [3.05, 3.63) is 0 Å². The summed E-state index contributed by atoms with van der Waals surface area (Å²) in [4.78, 5) is 59.0. The molecule has 3 unspecified atom stereocenters. The Morgan fingerprint density at radius 2 is 1.32 bits per heavy atom. The van der Waals surface area contributed by atoms with Crippen LogP contribution in [0, 0.1) is 0 Å². The van der Waals surface area contributed by atoms with Crippen molar-refractivity contribution in [3.8, 4) is 0 Å². The molecular formula is C18H34N7O6-. The van der Waals surface area contributed by atoms with Crippen molar-refractivity contribution < 1.29 is 29.1 Å². The fourth-order valence-electron chi connectivity index (χ4n) is 2.46. The topological polar surface area (TPSA) is 249 Å². The lowest BCUT2D eigenvalue weighted by Gasteiger charge is -2.21. The molecule has 0 aliphatic carbocycles. The van der Waals surface area contributed by atoms with Crippen molar-refractivity contribution in [3.63, 3.8) is 0 Å². The van der Waals surface area contributed by atoms with E-state index < -0.39 is 54.1 Å². The molecule has 0 aromatic rings. The van der Waals surface area contributed by atoms with Gasteiger partial charge in [-0.25, -0.2) is 0 Å². The van der Waals surface area contributed by atoms with Crippen LogP contribution in [0.3, 0.4) is 0 Å². The Morgan fingerprint density at radius 3 is 1.84 bits per heavy atom. The van der Waals surface area contributed by atoms with Gasteiger partial charge >= 0.3 is 0 Å². The third kappa shape index (κ3) is 13.3. The minimum atomic E-state index is -1.35. The van der Waals surface area contributed by atoms with E-state index in [1.807, 2.05) is 0 Å². The van der Waals surface area contributed by atoms with Crippen molar-refractivity contribution in [2.75, 3.05) is 19.6 Å². The summed E-state index contributed by atoms with van der Waals surface area (Å²) in [6, 6.07) is -2.96. The normalized spacial score (nSPS) is 13.5. The molecule has 178 valence electrons. The largest absolute Gasteiger partial charge is 0.550 e. The number of carbonyl (C=O) groups is 5. The first-order valence-electron chi connectivity index (χ1n) is 10.1. The monoisotopic (exact) mass is 444 g/mol. The Morgan fingerprint density at radius 1 is 0.774 bits per heavy atom. The highest BCUT2D eigenvalue weighted by molar-refractivity contribution is 5.98. The number of rotatable bonds is 16. The van der Waals surface area contributed by atoms with Crippen molar-refractivity contribution in [2.24, 2.45) is 22.9 Å². The molecule has 0 aromatic carbocycles. The second kappa shape index (κ2) is 16.1. The van der Waals surface area contributed by atoms with E-state index in [9.17, 15) is 29.1 Å². The van der Waals surface area contributed by atoms with Gasteiger partial charge in [0, 0.05) is 25.4 Å². The van der Waals surface area contributed by atoms with Gasteiger partial charge in [0.05, 0.1) is 12.1 Å². The highest BCUT2D eigenvalue weighted by atomic mass is 16.4.